The van der Waals surface area contributed by atoms with Crippen molar-refractivity contribution in [3.05, 3.63) is 48.0 Å². The van der Waals surface area contributed by atoms with Crippen LogP contribution in [-0.4, -0.2) is 35.1 Å². The van der Waals surface area contributed by atoms with Crippen LogP contribution in [0.2, 0.25) is 0 Å². The van der Waals surface area contributed by atoms with Crippen molar-refractivity contribution in [2.75, 3.05) is 13.1 Å². The van der Waals surface area contributed by atoms with Crippen LogP contribution in [0.5, 0.6) is 0 Å². The molecule has 1 N–H and O–H groups in total. The molecule has 0 aromatic heterocycles. The summed E-state index contributed by atoms with van der Waals surface area (Å²) in [5, 5.41) is 11.9. The number of aryl methyl sites for hydroxylation is 1. The van der Waals surface area contributed by atoms with Crippen LogP contribution in [-0.2, 0) is 11.2 Å². The minimum atomic E-state index is -0.662. The van der Waals surface area contributed by atoms with Crippen molar-refractivity contribution in [2.45, 2.75) is 38.1 Å². The molecule has 3 rings (SSSR count). The van der Waals surface area contributed by atoms with Gasteiger partial charge in [-0.25, -0.2) is 0 Å². The molecule has 1 atom stereocenters. The zero-order valence-electron chi connectivity index (χ0n) is 12.9. The van der Waals surface area contributed by atoms with Crippen LogP contribution < -0.4 is 0 Å². The molecule has 116 valence electrons. The van der Waals surface area contributed by atoms with E-state index in [1.54, 1.807) is 0 Å². The summed E-state index contributed by atoms with van der Waals surface area (Å²) in [5.41, 5.74) is 1.36. The molecule has 1 saturated heterocycles. The van der Waals surface area contributed by atoms with Crippen molar-refractivity contribution < 1.29 is 9.90 Å². The molecule has 0 spiro atoms. The van der Waals surface area contributed by atoms with E-state index in [0.29, 0.717) is 0 Å². The summed E-state index contributed by atoms with van der Waals surface area (Å²) in [7, 11) is 0. The third-order valence-corrected chi connectivity index (χ3v) is 4.67. The minimum absolute atomic E-state index is 0.277. The summed E-state index contributed by atoms with van der Waals surface area (Å²) < 4.78 is 0. The quantitative estimate of drug-likeness (QED) is 0.914. The topological polar surface area (TPSA) is 40.5 Å². The van der Waals surface area contributed by atoms with E-state index in [9.17, 15) is 9.90 Å². The smallest absolute Gasteiger partial charge is 0.320 e. The molecule has 0 saturated carbocycles. The largest absolute Gasteiger partial charge is 0.480 e. The first kappa shape index (κ1) is 15.0. The van der Waals surface area contributed by atoms with Crippen LogP contribution in [0.4, 0.5) is 0 Å². The van der Waals surface area contributed by atoms with Gasteiger partial charge in [0.25, 0.3) is 0 Å². The Morgan fingerprint density at radius 1 is 1.14 bits per heavy atom. The number of hydrogen-bond acceptors (Lipinski definition) is 2. The lowest BCUT2D eigenvalue weighted by Crippen LogP contribution is -2.45. The fraction of sp³-hybridized carbons (Fsp3) is 0.421. The number of likely N-dealkylation sites (tertiary alicyclic amines) is 1. The predicted molar refractivity (Wildman–Crippen MR) is 89.1 cm³/mol. The van der Waals surface area contributed by atoms with Crippen LogP contribution in [0.15, 0.2) is 42.5 Å². The maximum atomic E-state index is 11.3. The molecule has 22 heavy (non-hydrogen) atoms. The van der Waals surface area contributed by atoms with E-state index in [2.05, 4.69) is 47.4 Å². The van der Waals surface area contributed by atoms with Gasteiger partial charge in [-0.15, -0.1) is 0 Å². The zero-order valence-corrected chi connectivity index (χ0v) is 12.9. The normalized spacial score (nSPS) is 19.4. The Labute approximate surface area is 131 Å². The number of fused-ring (bicyclic) bond motifs is 1. The number of benzene rings is 2. The molecule has 1 fully saturated rings. The maximum absolute atomic E-state index is 11.3. The molecule has 0 amide bonds. The van der Waals surface area contributed by atoms with Gasteiger partial charge in [-0.05, 0) is 55.1 Å². The van der Waals surface area contributed by atoms with E-state index >= 15 is 0 Å². The van der Waals surface area contributed by atoms with E-state index < -0.39 is 5.97 Å². The first-order valence-electron chi connectivity index (χ1n) is 8.19. The number of carboxylic acid groups (broad SMARTS) is 1. The Morgan fingerprint density at radius 3 is 2.82 bits per heavy atom. The standard InChI is InChI=1S/C19H23NO2/c21-19(22)18-12-3-4-13-20(18)14-6-10-16-9-5-8-15-7-1-2-11-17(15)16/h1-2,5,7-9,11,18H,3-4,6,10,12-14H2,(H,21,22). The Morgan fingerprint density at radius 2 is 1.95 bits per heavy atom. The Kier molecular flexibility index (Phi) is 4.74. The second-order valence-corrected chi connectivity index (χ2v) is 6.13. The molecule has 0 bridgehead atoms. The molecule has 1 heterocycles. The minimum Gasteiger partial charge on any atom is -0.480 e. The van der Waals surface area contributed by atoms with Crippen molar-refractivity contribution in [3.63, 3.8) is 0 Å². The summed E-state index contributed by atoms with van der Waals surface area (Å²) >= 11 is 0. The van der Waals surface area contributed by atoms with Gasteiger partial charge in [-0.2, -0.15) is 0 Å². The van der Waals surface area contributed by atoms with Crippen LogP contribution in [0, 0.1) is 0 Å². The number of nitrogens with zero attached hydrogens (tertiary/aromatic N) is 1. The molecule has 3 heteroatoms. The van der Waals surface area contributed by atoms with Crippen molar-refractivity contribution in [2.24, 2.45) is 0 Å². The molecular weight excluding hydrogens is 274 g/mol. The fourth-order valence-corrected chi connectivity index (χ4v) is 3.52. The van der Waals surface area contributed by atoms with Crippen LogP contribution >= 0.6 is 0 Å². The van der Waals surface area contributed by atoms with E-state index in [-0.39, 0.29) is 6.04 Å². The number of piperidine rings is 1. The first-order chi connectivity index (χ1) is 10.8. The Hall–Kier alpha value is -1.87. The monoisotopic (exact) mass is 297 g/mol. The average Bonchev–Trinajstić information content (AvgIpc) is 2.55. The molecule has 2 aromatic carbocycles. The van der Waals surface area contributed by atoms with Crippen LogP contribution in [0.1, 0.15) is 31.2 Å². The SMILES string of the molecule is O=C(O)C1CCCCN1CCCc1cccc2ccccc12. The van der Waals surface area contributed by atoms with Crippen molar-refractivity contribution >= 4 is 16.7 Å². The number of rotatable bonds is 5. The maximum Gasteiger partial charge on any atom is 0.320 e. The first-order valence-corrected chi connectivity index (χ1v) is 8.19. The van der Waals surface area contributed by atoms with E-state index in [1.165, 1.54) is 16.3 Å². The van der Waals surface area contributed by atoms with Crippen LogP contribution in [0.3, 0.4) is 0 Å². The third-order valence-electron chi connectivity index (χ3n) is 4.67. The number of carbonyl (C=O) groups is 1. The van der Waals surface area contributed by atoms with Gasteiger partial charge in [0.2, 0.25) is 0 Å². The predicted octanol–water partition coefficient (Wildman–Crippen LogP) is 3.71. The fourth-order valence-electron chi connectivity index (χ4n) is 3.52. The molecule has 1 aliphatic rings. The van der Waals surface area contributed by atoms with E-state index in [1.807, 2.05) is 0 Å². The average molecular weight is 297 g/mol. The van der Waals surface area contributed by atoms with Gasteiger partial charge in [-0.3, -0.25) is 9.69 Å². The lowest BCUT2D eigenvalue weighted by Gasteiger charge is -2.32. The highest BCUT2D eigenvalue weighted by molar-refractivity contribution is 5.85. The van der Waals surface area contributed by atoms with Gasteiger partial charge >= 0.3 is 5.97 Å². The number of aliphatic carboxylic acids is 1. The highest BCUT2D eigenvalue weighted by Crippen LogP contribution is 2.21. The number of carboxylic acids is 1. The lowest BCUT2D eigenvalue weighted by atomic mass is 9.99. The molecule has 0 radical (unpaired) electrons. The van der Waals surface area contributed by atoms with E-state index in [0.717, 1.165) is 45.2 Å². The van der Waals surface area contributed by atoms with Crippen LogP contribution in [0.25, 0.3) is 10.8 Å². The van der Waals surface area contributed by atoms with E-state index in [4.69, 9.17) is 0 Å². The molecule has 1 unspecified atom stereocenters. The lowest BCUT2D eigenvalue weighted by molar-refractivity contribution is -0.144. The van der Waals surface area contributed by atoms with Crippen molar-refractivity contribution in [1.82, 2.24) is 4.90 Å². The summed E-state index contributed by atoms with van der Waals surface area (Å²) in [5.74, 6) is -0.662. The second kappa shape index (κ2) is 6.93. The van der Waals surface area contributed by atoms with Gasteiger partial charge in [0.1, 0.15) is 6.04 Å². The number of hydrogen-bond donors (Lipinski definition) is 1. The summed E-state index contributed by atoms with van der Waals surface area (Å²) in [4.78, 5) is 13.5. The zero-order chi connectivity index (χ0) is 15.4. The van der Waals surface area contributed by atoms with Gasteiger partial charge < -0.3 is 5.11 Å². The third kappa shape index (κ3) is 3.30. The molecule has 2 aromatic rings. The highest BCUT2D eigenvalue weighted by Gasteiger charge is 2.27. The highest BCUT2D eigenvalue weighted by atomic mass is 16.4. The molecular formula is C19H23NO2. The van der Waals surface area contributed by atoms with Gasteiger partial charge in [0.15, 0.2) is 0 Å². The summed E-state index contributed by atoms with van der Waals surface area (Å²) in [6.07, 6.45) is 4.97. The van der Waals surface area contributed by atoms with Gasteiger partial charge in [0.05, 0.1) is 0 Å². The Bertz CT molecular complexity index is 647. The summed E-state index contributed by atoms with van der Waals surface area (Å²) in [6, 6.07) is 14.6. The summed E-state index contributed by atoms with van der Waals surface area (Å²) in [6.45, 7) is 1.80. The van der Waals surface area contributed by atoms with Gasteiger partial charge in [-0.1, -0.05) is 48.9 Å². The van der Waals surface area contributed by atoms with Gasteiger partial charge in [0, 0.05) is 0 Å². The second-order valence-electron chi connectivity index (χ2n) is 6.13. The Balaban J connectivity index is 1.63. The van der Waals surface area contributed by atoms with Crippen molar-refractivity contribution in [3.8, 4) is 0 Å². The molecule has 1 aliphatic heterocycles. The molecule has 0 aliphatic carbocycles. The molecule has 3 nitrogen and oxygen atoms in total. The van der Waals surface area contributed by atoms with Crippen molar-refractivity contribution in [1.29, 1.82) is 0 Å².